The Bertz CT molecular complexity index is 321. The first kappa shape index (κ1) is 16.2. The summed E-state index contributed by atoms with van der Waals surface area (Å²) in [5, 5.41) is 3.47. The van der Waals surface area contributed by atoms with Gasteiger partial charge >= 0.3 is 0 Å². The molecule has 1 atom stereocenters. The van der Waals surface area contributed by atoms with Gasteiger partial charge in [-0.15, -0.1) is 0 Å². The number of nitrogens with one attached hydrogen (secondary N) is 1. The van der Waals surface area contributed by atoms with Crippen LogP contribution in [0.1, 0.15) is 37.8 Å². The van der Waals surface area contributed by atoms with Crippen LogP contribution in [0.25, 0.3) is 0 Å². The van der Waals surface area contributed by atoms with Crippen LogP contribution >= 0.6 is 0 Å². The normalized spacial score (nSPS) is 12.6. The molecule has 1 unspecified atom stereocenters. The fourth-order valence-electron chi connectivity index (χ4n) is 2.18. The van der Waals surface area contributed by atoms with Crippen molar-refractivity contribution in [1.29, 1.82) is 0 Å². The van der Waals surface area contributed by atoms with E-state index >= 15 is 0 Å². The van der Waals surface area contributed by atoms with Crippen LogP contribution in [0.4, 0.5) is 0 Å². The molecular formula is C17H29NO. The maximum Gasteiger partial charge on any atom is 0.0469 e. The number of hydrogen-bond donors (Lipinski definition) is 1. The van der Waals surface area contributed by atoms with Crippen molar-refractivity contribution in [2.45, 2.75) is 40.0 Å². The highest BCUT2D eigenvalue weighted by molar-refractivity contribution is 5.21. The van der Waals surface area contributed by atoms with Gasteiger partial charge in [0.25, 0.3) is 0 Å². The minimum absolute atomic E-state index is 0.666. The summed E-state index contributed by atoms with van der Waals surface area (Å²) in [4.78, 5) is 0. The molecule has 2 nitrogen and oxygen atoms in total. The minimum atomic E-state index is 0.666. The van der Waals surface area contributed by atoms with Crippen LogP contribution < -0.4 is 5.32 Å². The van der Waals surface area contributed by atoms with E-state index in [1.165, 1.54) is 11.1 Å². The molecule has 0 fully saturated rings. The molecule has 1 aromatic rings. The second-order valence-electron chi connectivity index (χ2n) is 5.26. The predicted octanol–water partition coefficient (Wildman–Crippen LogP) is 3.58. The van der Waals surface area contributed by atoms with E-state index in [1.54, 1.807) is 0 Å². The van der Waals surface area contributed by atoms with Crippen LogP contribution in [-0.2, 0) is 11.2 Å². The molecular weight excluding hydrogens is 234 g/mol. The fourth-order valence-corrected chi connectivity index (χ4v) is 2.18. The van der Waals surface area contributed by atoms with Crippen molar-refractivity contribution in [3.63, 3.8) is 0 Å². The van der Waals surface area contributed by atoms with Crippen LogP contribution in [0, 0.1) is 12.8 Å². The van der Waals surface area contributed by atoms with Crippen molar-refractivity contribution in [3.8, 4) is 0 Å². The predicted molar refractivity (Wildman–Crippen MR) is 82.6 cm³/mol. The average molecular weight is 263 g/mol. The summed E-state index contributed by atoms with van der Waals surface area (Å²) in [5.74, 6) is 0.666. The van der Waals surface area contributed by atoms with E-state index < -0.39 is 0 Å². The Labute approximate surface area is 118 Å². The van der Waals surface area contributed by atoms with Gasteiger partial charge in [-0.1, -0.05) is 43.7 Å². The van der Waals surface area contributed by atoms with Gasteiger partial charge in [-0.2, -0.15) is 0 Å². The van der Waals surface area contributed by atoms with Crippen LogP contribution in [0.5, 0.6) is 0 Å². The molecule has 0 aliphatic rings. The van der Waals surface area contributed by atoms with Crippen molar-refractivity contribution < 1.29 is 4.74 Å². The first-order valence-electron chi connectivity index (χ1n) is 7.60. The van der Waals surface area contributed by atoms with E-state index in [-0.39, 0.29) is 0 Å². The summed E-state index contributed by atoms with van der Waals surface area (Å²) >= 11 is 0. The van der Waals surface area contributed by atoms with Gasteiger partial charge in [0.2, 0.25) is 0 Å². The summed E-state index contributed by atoms with van der Waals surface area (Å²) in [6, 6.07) is 8.91. The Morgan fingerprint density at radius 1 is 1.11 bits per heavy atom. The largest absolute Gasteiger partial charge is 0.381 e. The lowest BCUT2D eigenvalue weighted by molar-refractivity contribution is 0.120. The number of aryl methyl sites for hydroxylation is 1. The Morgan fingerprint density at radius 2 is 1.84 bits per heavy atom. The molecule has 0 radical (unpaired) electrons. The number of ether oxygens (including phenoxy) is 1. The number of rotatable bonds is 10. The molecule has 0 bridgehead atoms. The van der Waals surface area contributed by atoms with E-state index in [0.717, 1.165) is 45.6 Å². The van der Waals surface area contributed by atoms with Gasteiger partial charge < -0.3 is 10.1 Å². The van der Waals surface area contributed by atoms with Gasteiger partial charge in [-0.3, -0.25) is 0 Å². The maximum atomic E-state index is 5.62. The lowest BCUT2D eigenvalue weighted by atomic mass is 9.96. The monoisotopic (exact) mass is 263 g/mol. The zero-order valence-electron chi connectivity index (χ0n) is 12.7. The molecule has 0 aliphatic carbocycles. The van der Waals surface area contributed by atoms with Crippen LogP contribution in [0.3, 0.4) is 0 Å². The van der Waals surface area contributed by atoms with Crippen molar-refractivity contribution in [3.05, 3.63) is 35.4 Å². The first-order chi connectivity index (χ1) is 9.26. The van der Waals surface area contributed by atoms with Gasteiger partial charge in [-0.05, 0) is 50.8 Å². The molecule has 0 saturated heterocycles. The van der Waals surface area contributed by atoms with Gasteiger partial charge in [0, 0.05) is 13.2 Å². The smallest absolute Gasteiger partial charge is 0.0469 e. The molecule has 1 aromatic carbocycles. The Hall–Kier alpha value is -0.860. The van der Waals surface area contributed by atoms with Crippen molar-refractivity contribution in [2.75, 3.05) is 26.3 Å². The molecule has 1 N–H and O–H groups in total. The molecule has 19 heavy (non-hydrogen) atoms. The minimum Gasteiger partial charge on any atom is -0.381 e. The quantitative estimate of drug-likeness (QED) is 0.651. The second-order valence-corrected chi connectivity index (χ2v) is 5.26. The summed E-state index contributed by atoms with van der Waals surface area (Å²) in [5.41, 5.74) is 2.77. The lowest BCUT2D eigenvalue weighted by Crippen LogP contribution is -2.25. The lowest BCUT2D eigenvalue weighted by Gasteiger charge is -2.17. The SMILES string of the molecule is CCCOCCC(CNCC)Cc1ccc(C)cc1. The van der Waals surface area contributed by atoms with E-state index in [4.69, 9.17) is 4.74 Å². The van der Waals surface area contributed by atoms with E-state index in [0.29, 0.717) is 5.92 Å². The van der Waals surface area contributed by atoms with Crippen LogP contribution in [0.2, 0.25) is 0 Å². The standard InChI is InChI=1S/C17H29NO/c1-4-11-19-12-10-17(14-18-5-2)13-16-8-6-15(3)7-9-16/h6-9,17-18H,4-5,10-14H2,1-3H3. The zero-order valence-corrected chi connectivity index (χ0v) is 12.7. The molecule has 1 rings (SSSR count). The first-order valence-corrected chi connectivity index (χ1v) is 7.60. The third kappa shape index (κ3) is 7.34. The molecule has 2 heteroatoms. The number of hydrogen-bond acceptors (Lipinski definition) is 2. The van der Waals surface area contributed by atoms with Crippen molar-refractivity contribution in [1.82, 2.24) is 5.32 Å². The Kier molecular flexibility index (Phi) is 8.52. The Morgan fingerprint density at radius 3 is 2.47 bits per heavy atom. The zero-order chi connectivity index (χ0) is 13.9. The highest BCUT2D eigenvalue weighted by atomic mass is 16.5. The summed E-state index contributed by atoms with van der Waals surface area (Å²) in [6.07, 6.45) is 3.39. The third-order valence-corrected chi connectivity index (χ3v) is 3.35. The molecule has 0 saturated carbocycles. The second kappa shape index (κ2) is 9.99. The molecule has 0 aliphatic heterocycles. The summed E-state index contributed by atoms with van der Waals surface area (Å²) in [6.45, 7) is 10.4. The highest BCUT2D eigenvalue weighted by Gasteiger charge is 2.09. The van der Waals surface area contributed by atoms with E-state index in [1.807, 2.05) is 0 Å². The van der Waals surface area contributed by atoms with Crippen molar-refractivity contribution >= 4 is 0 Å². The molecule has 0 amide bonds. The molecule has 108 valence electrons. The van der Waals surface area contributed by atoms with Gasteiger partial charge in [0.1, 0.15) is 0 Å². The van der Waals surface area contributed by atoms with Gasteiger partial charge in [0.15, 0.2) is 0 Å². The summed E-state index contributed by atoms with van der Waals surface area (Å²) in [7, 11) is 0. The maximum absolute atomic E-state index is 5.62. The van der Waals surface area contributed by atoms with Crippen molar-refractivity contribution in [2.24, 2.45) is 5.92 Å². The van der Waals surface area contributed by atoms with E-state index in [9.17, 15) is 0 Å². The molecule has 0 heterocycles. The fraction of sp³-hybridized carbons (Fsp3) is 0.647. The summed E-state index contributed by atoms with van der Waals surface area (Å²) < 4.78 is 5.62. The Balaban J connectivity index is 2.41. The number of benzene rings is 1. The van der Waals surface area contributed by atoms with Gasteiger partial charge in [-0.25, -0.2) is 0 Å². The van der Waals surface area contributed by atoms with Crippen LogP contribution in [-0.4, -0.2) is 26.3 Å². The van der Waals surface area contributed by atoms with Crippen LogP contribution in [0.15, 0.2) is 24.3 Å². The molecule has 0 spiro atoms. The third-order valence-electron chi connectivity index (χ3n) is 3.35. The molecule has 0 aromatic heterocycles. The highest BCUT2D eigenvalue weighted by Crippen LogP contribution is 2.13. The topological polar surface area (TPSA) is 21.3 Å². The van der Waals surface area contributed by atoms with Gasteiger partial charge in [0.05, 0.1) is 0 Å². The van der Waals surface area contributed by atoms with E-state index in [2.05, 4.69) is 50.4 Å². The average Bonchev–Trinajstić information content (AvgIpc) is 2.43.